The van der Waals surface area contributed by atoms with Crippen LogP contribution in [0.4, 0.5) is 17.2 Å². The van der Waals surface area contributed by atoms with Crippen molar-refractivity contribution in [3.8, 4) is 17.1 Å². The SMILES string of the molecule is CC(C)N1CCN(c2ccc(Nc3ncc(-c4ccc5c(O)[nH]cc5c4)n4ncnc34)c(Cl)c2)CC1. The lowest BCUT2D eigenvalue weighted by molar-refractivity contribution is 0.209. The standard InChI is InChI=1S/C26H27ClN8O/c1-16(2)33-7-9-34(10-8-33)19-4-6-22(21(27)12-19)32-24-25-30-15-31-35(25)23(14-28-24)17-3-5-20-18(11-17)13-29-26(20)36/h3-6,11-16,29,36H,7-10H2,1-2H3,(H,28,32). The molecule has 0 radical (unpaired) electrons. The summed E-state index contributed by atoms with van der Waals surface area (Å²) >= 11 is 6.69. The maximum absolute atomic E-state index is 9.91. The van der Waals surface area contributed by atoms with Crippen LogP contribution < -0.4 is 10.2 Å². The monoisotopic (exact) mass is 502 g/mol. The van der Waals surface area contributed by atoms with E-state index in [2.05, 4.69) is 55.1 Å². The van der Waals surface area contributed by atoms with Crippen LogP contribution in [-0.2, 0) is 0 Å². The largest absolute Gasteiger partial charge is 0.494 e. The van der Waals surface area contributed by atoms with E-state index < -0.39 is 0 Å². The number of nitrogens with one attached hydrogen (secondary N) is 2. The first-order valence-electron chi connectivity index (χ1n) is 12.0. The molecule has 2 aromatic carbocycles. The molecule has 0 spiro atoms. The second kappa shape index (κ2) is 9.00. The highest BCUT2D eigenvalue weighted by Crippen LogP contribution is 2.33. The number of benzene rings is 2. The topological polar surface area (TPSA) is 97.6 Å². The Morgan fingerprint density at radius 2 is 1.89 bits per heavy atom. The molecule has 6 rings (SSSR count). The molecule has 184 valence electrons. The summed E-state index contributed by atoms with van der Waals surface area (Å²) in [6.45, 7) is 8.55. The van der Waals surface area contributed by atoms with E-state index >= 15 is 0 Å². The number of fused-ring (bicyclic) bond motifs is 2. The molecule has 9 nitrogen and oxygen atoms in total. The van der Waals surface area contributed by atoms with Gasteiger partial charge in [-0.3, -0.25) is 4.90 Å². The lowest BCUT2D eigenvalue weighted by Crippen LogP contribution is -2.48. The van der Waals surface area contributed by atoms with Crippen LogP contribution >= 0.6 is 11.6 Å². The lowest BCUT2D eigenvalue weighted by atomic mass is 10.1. The van der Waals surface area contributed by atoms with Crippen molar-refractivity contribution in [3.05, 3.63) is 60.1 Å². The van der Waals surface area contributed by atoms with Crippen molar-refractivity contribution in [2.24, 2.45) is 0 Å². The van der Waals surface area contributed by atoms with Crippen LogP contribution in [0.5, 0.6) is 5.88 Å². The van der Waals surface area contributed by atoms with E-state index in [0.717, 1.165) is 59.6 Å². The number of nitrogens with zero attached hydrogens (tertiary/aromatic N) is 6. The van der Waals surface area contributed by atoms with E-state index in [1.165, 1.54) is 6.33 Å². The Morgan fingerprint density at radius 3 is 2.67 bits per heavy atom. The number of halogens is 1. The van der Waals surface area contributed by atoms with Crippen LogP contribution in [0.2, 0.25) is 5.02 Å². The smallest absolute Gasteiger partial charge is 0.199 e. The van der Waals surface area contributed by atoms with Gasteiger partial charge in [0.05, 0.1) is 22.6 Å². The Kier molecular flexibility index (Phi) is 5.66. The molecular weight excluding hydrogens is 476 g/mol. The molecule has 1 aliphatic heterocycles. The third-order valence-electron chi connectivity index (χ3n) is 6.89. The zero-order valence-corrected chi connectivity index (χ0v) is 20.9. The number of hydrogen-bond acceptors (Lipinski definition) is 7. The van der Waals surface area contributed by atoms with Crippen molar-refractivity contribution in [1.29, 1.82) is 0 Å². The molecule has 0 saturated carbocycles. The fraction of sp³-hybridized carbons (Fsp3) is 0.269. The molecule has 1 saturated heterocycles. The number of anilines is 3. The minimum Gasteiger partial charge on any atom is -0.494 e. The van der Waals surface area contributed by atoms with Crippen LogP contribution in [0.15, 0.2) is 55.1 Å². The van der Waals surface area contributed by atoms with Gasteiger partial charge in [0.1, 0.15) is 6.33 Å². The highest BCUT2D eigenvalue weighted by Gasteiger charge is 2.20. The molecule has 4 heterocycles. The second-order valence-corrected chi connectivity index (χ2v) is 9.74. The predicted molar refractivity (Wildman–Crippen MR) is 143 cm³/mol. The van der Waals surface area contributed by atoms with Crippen molar-refractivity contribution in [2.45, 2.75) is 19.9 Å². The van der Waals surface area contributed by atoms with Gasteiger partial charge in [0.2, 0.25) is 0 Å². The van der Waals surface area contributed by atoms with Gasteiger partial charge in [-0.1, -0.05) is 17.7 Å². The zero-order chi connectivity index (χ0) is 24.8. The fourth-order valence-electron chi connectivity index (χ4n) is 4.81. The molecular formula is C26H27ClN8O. The van der Waals surface area contributed by atoms with Gasteiger partial charge in [0.15, 0.2) is 17.3 Å². The van der Waals surface area contributed by atoms with Crippen molar-refractivity contribution in [2.75, 3.05) is 36.4 Å². The van der Waals surface area contributed by atoms with E-state index in [1.54, 1.807) is 16.9 Å². The molecule has 36 heavy (non-hydrogen) atoms. The maximum Gasteiger partial charge on any atom is 0.199 e. The highest BCUT2D eigenvalue weighted by molar-refractivity contribution is 6.33. The number of rotatable bonds is 5. The van der Waals surface area contributed by atoms with E-state index in [0.29, 0.717) is 22.5 Å². The molecule has 0 bridgehead atoms. The van der Waals surface area contributed by atoms with Gasteiger partial charge < -0.3 is 20.3 Å². The number of aromatic hydroxyl groups is 1. The Morgan fingerprint density at radius 1 is 1.06 bits per heavy atom. The first kappa shape index (κ1) is 22.6. The number of aromatic nitrogens is 5. The third kappa shape index (κ3) is 4.00. The number of H-pyrrole nitrogens is 1. The summed E-state index contributed by atoms with van der Waals surface area (Å²) < 4.78 is 1.75. The molecule has 0 atom stereocenters. The first-order chi connectivity index (χ1) is 17.5. The quantitative estimate of drug-likeness (QED) is 0.314. The highest BCUT2D eigenvalue weighted by atomic mass is 35.5. The van der Waals surface area contributed by atoms with Crippen molar-refractivity contribution < 1.29 is 5.11 Å². The summed E-state index contributed by atoms with van der Waals surface area (Å²) in [6, 6.07) is 12.4. The minimum atomic E-state index is 0.154. The molecule has 5 aromatic rings. The Bertz CT molecular complexity index is 1550. The van der Waals surface area contributed by atoms with Gasteiger partial charge in [0.25, 0.3) is 0 Å². The van der Waals surface area contributed by atoms with Crippen LogP contribution in [-0.4, -0.2) is 66.8 Å². The minimum absolute atomic E-state index is 0.154. The van der Waals surface area contributed by atoms with Gasteiger partial charge in [-0.2, -0.15) is 5.10 Å². The first-order valence-corrected chi connectivity index (χ1v) is 12.4. The molecule has 1 fully saturated rings. The predicted octanol–water partition coefficient (Wildman–Crippen LogP) is 4.91. The van der Waals surface area contributed by atoms with E-state index in [1.807, 2.05) is 30.3 Å². The van der Waals surface area contributed by atoms with Crippen molar-refractivity contribution in [3.63, 3.8) is 0 Å². The van der Waals surface area contributed by atoms with Crippen LogP contribution in [0.25, 0.3) is 27.7 Å². The van der Waals surface area contributed by atoms with Crippen LogP contribution in [0.1, 0.15) is 13.8 Å². The van der Waals surface area contributed by atoms with Gasteiger partial charge in [-0.15, -0.1) is 0 Å². The van der Waals surface area contributed by atoms with E-state index in [4.69, 9.17) is 11.6 Å². The number of piperazine rings is 1. The Balaban J connectivity index is 1.26. The third-order valence-corrected chi connectivity index (χ3v) is 7.20. The Hall–Kier alpha value is -3.82. The lowest BCUT2D eigenvalue weighted by Gasteiger charge is -2.38. The van der Waals surface area contributed by atoms with Crippen LogP contribution in [0.3, 0.4) is 0 Å². The van der Waals surface area contributed by atoms with Crippen molar-refractivity contribution >= 4 is 45.2 Å². The molecule has 3 N–H and O–H groups in total. The van der Waals surface area contributed by atoms with Gasteiger partial charge in [-0.25, -0.2) is 14.5 Å². The maximum atomic E-state index is 9.91. The molecule has 1 aliphatic rings. The fourth-order valence-corrected chi connectivity index (χ4v) is 5.03. The summed E-state index contributed by atoms with van der Waals surface area (Å²) in [5.74, 6) is 0.720. The summed E-state index contributed by atoms with van der Waals surface area (Å²) in [5, 5.41) is 20.0. The van der Waals surface area contributed by atoms with Gasteiger partial charge in [-0.05, 0) is 44.2 Å². The Labute approximate surface area is 213 Å². The molecule has 3 aromatic heterocycles. The molecule has 0 aliphatic carbocycles. The van der Waals surface area contributed by atoms with Crippen LogP contribution in [0, 0.1) is 0 Å². The average molecular weight is 503 g/mol. The van der Waals surface area contributed by atoms with Gasteiger partial charge in [0, 0.05) is 60.4 Å². The van der Waals surface area contributed by atoms with Crippen molar-refractivity contribution in [1.82, 2.24) is 29.5 Å². The van der Waals surface area contributed by atoms with E-state index in [-0.39, 0.29) is 5.88 Å². The number of hydrogen-bond donors (Lipinski definition) is 3. The molecule has 10 heteroatoms. The van der Waals surface area contributed by atoms with Gasteiger partial charge >= 0.3 is 0 Å². The molecule has 0 unspecified atom stereocenters. The zero-order valence-electron chi connectivity index (χ0n) is 20.1. The van der Waals surface area contributed by atoms with E-state index in [9.17, 15) is 5.11 Å². The summed E-state index contributed by atoms with van der Waals surface area (Å²) in [4.78, 5) is 16.8. The summed E-state index contributed by atoms with van der Waals surface area (Å²) in [6.07, 6.45) is 5.04. The second-order valence-electron chi connectivity index (χ2n) is 9.33. The molecule has 0 amide bonds. The summed E-state index contributed by atoms with van der Waals surface area (Å²) in [5.41, 5.74) is 4.18. The normalized spacial score (nSPS) is 14.8. The average Bonchev–Trinajstić information content (AvgIpc) is 3.53. The summed E-state index contributed by atoms with van der Waals surface area (Å²) in [7, 11) is 0. The number of aromatic amines is 1.